The van der Waals surface area contributed by atoms with Crippen LogP contribution in [0.5, 0.6) is 0 Å². The molecule has 134 valence electrons. The monoisotopic (exact) mass is 339 g/mol. The summed E-state index contributed by atoms with van der Waals surface area (Å²) < 4.78 is 9.68. The largest absolute Gasteiger partial charge is 0.466 e. The lowest BCUT2D eigenvalue weighted by Crippen LogP contribution is -2.40. The SMILES string of the molecule is CCOC(=O)CCC(=O)N(CC(=O)Nc1cc(C)on1)CC(C)C. The summed E-state index contributed by atoms with van der Waals surface area (Å²) in [5.74, 6) is 0.0315. The van der Waals surface area contributed by atoms with Crippen LogP contribution in [0.15, 0.2) is 10.6 Å². The van der Waals surface area contributed by atoms with Gasteiger partial charge in [-0.05, 0) is 19.8 Å². The van der Waals surface area contributed by atoms with Gasteiger partial charge in [0.2, 0.25) is 11.8 Å². The molecule has 1 N–H and O–H groups in total. The number of amides is 2. The number of aryl methyl sites for hydroxylation is 1. The Bertz CT molecular complexity index is 568. The van der Waals surface area contributed by atoms with Crippen LogP contribution in [0, 0.1) is 12.8 Å². The van der Waals surface area contributed by atoms with Gasteiger partial charge in [0.05, 0.1) is 19.6 Å². The Morgan fingerprint density at radius 2 is 2.04 bits per heavy atom. The molecule has 1 rings (SSSR count). The number of esters is 1. The van der Waals surface area contributed by atoms with Gasteiger partial charge in [0.1, 0.15) is 5.76 Å². The average Bonchev–Trinajstić information content (AvgIpc) is 2.89. The first-order valence-electron chi connectivity index (χ1n) is 7.98. The molecule has 1 aromatic heterocycles. The molecule has 0 atom stereocenters. The van der Waals surface area contributed by atoms with Crippen molar-refractivity contribution in [2.45, 2.75) is 40.5 Å². The smallest absolute Gasteiger partial charge is 0.306 e. The third-order valence-corrected chi connectivity index (χ3v) is 3.02. The predicted octanol–water partition coefficient (Wildman–Crippen LogP) is 1.75. The summed E-state index contributed by atoms with van der Waals surface area (Å²) in [5, 5.41) is 6.25. The molecular weight excluding hydrogens is 314 g/mol. The fourth-order valence-electron chi connectivity index (χ4n) is 2.08. The topological polar surface area (TPSA) is 102 Å². The molecular formula is C16H25N3O5. The van der Waals surface area contributed by atoms with Crippen LogP contribution in [0.25, 0.3) is 0 Å². The van der Waals surface area contributed by atoms with Gasteiger partial charge in [-0.25, -0.2) is 0 Å². The highest BCUT2D eigenvalue weighted by Crippen LogP contribution is 2.08. The van der Waals surface area contributed by atoms with Gasteiger partial charge in [-0.15, -0.1) is 0 Å². The van der Waals surface area contributed by atoms with E-state index >= 15 is 0 Å². The van der Waals surface area contributed by atoms with Gasteiger partial charge in [-0.2, -0.15) is 0 Å². The van der Waals surface area contributed by atoms with Crippen molar-refractivity contribution in [2.75, 3.05) is 25.0 Å². The Kier molecular flexibility index (Phi) is 7.94. The molecule has 0 aliphatic rings. The molecule has 1 aromatic rings. The zero-order chi connectivity index (χ0) is 18.1. The van der Waals surface area contributed by atoms with E-state index in [4.69, 9.17) is 9.26 Å². The molecule has 0 aliphatic carbocycles. The zero-order valence-electron chi connectivity index (χ0n) is 14.6. The molecule has 2 amide bonds. The lowest BCUT2D eigenvalue weighted by atomic mass is 10.2. The first-order chi connectivity index (χ1) is 11.3. The molecule has 0 aliphatic heterocycles. The fourth-order valence-corrected chi connectivity index (χ4v) is 2.08. The number of anilines is 1. The minimum Gasteiger partial charge on any atom is -0.466 e. The lowest BCUT2D eigenvalue weighted by Gasteiger charge is -2.23. The molecule has 0 unspecified atom stereocenters. The molecule has 0 radical (unpaired) electrons. The number of hydrogen-bond donors (Lipinski definition) is 1. The fraction of sp³-hybridized carbons (Fsp3) is 0.625. The molecule has 0 aromatic carbocycles. The van der Waals surface area contributed by atoms with E-state index in [-0.39, 0.29) is 43.7 Å². The van der Waals surface area contributed by atoms with Gasteiger partial charge in [-0.1, -0.05) is 19.0 Å². The first kappa shape index (κ1) is 19.7. The average molecular weight is 339 g/mol. The maximum absolute atomic E-state index is 12.3. The minimum absolute atomic E-state index is 0.00533. The number of nitrogens with zero attached hydrogens (tertiary/aromatic N) is 2. The van der Waals surface area contributed by atoms with E-state index in [0.717, 1.165) is 0 Å². The maximum atomic E-state index is 12.3. The Hall–Kier alpha value is -2.38. The van der Waals surface area contributed by atoms with E-state index in [9.17, 15) is 14.4 Å². The van der Waals surface area contributed by atoms with E-state index in [1.54, 1.807) is 19.9 Å². The second kappa shape index (κ2) is 9.69. The molecule has 8 nitrogen and oxygen atoms in total. The molecule has 0 bridgehead atoms. The second-order valence-corrected chi connectivity index (χ2v) is 5.84. The highest BCUT2D eigenvalue weighted by molar-refractivity contribution is 5.94. The molecule has 0 saturated heterocycles. The number of carbonyl (C=O) groups excluding carboxylic acids is 3. The van der Waals surface area contributed by atoms with Crippen molar-refractivity contribution in [3.8, 4) is 0 Å². The number of nitrogens with one attached hydrogen (secondary N) is 1. The van der Waals surface area contributed by atoms with E-state index in [1.165, 1.54) is 4.90 Å². The highest BCUT2D eigenvalue weighted by atomic mass is 16.5. The van der Waals surface area contributed by atoms with Crippen LogP contribution in [0.2, 0.25) is 0 Å². The number of hydrogen-bond acceptors (Lipinski definition) is 6. The van der Waals surface area contributed by atoms with Crippen molar-refractivity contribution in [3.63, 3.8) is 0 Å². The van der Waals surface area contributed by atoms with Gasteiger partial charge in [0.25, 0.3) is 0 Å². The standard InChI is InChI=1S/C16H25N3O5/c1-5-23-16(22)7-6-15(21)19(9-11(2)3)10-14(20)17-13-8-12(4)24-18-13/h8,11H,5-7,9-10H2,1-4H3,(H,17,18,20). The minimum atomic E-state index is -0.419. The van der Waals surface area contributed by atoms with Gasteiger partial charge in [-0.3, -0.25) is 14.4 Å². The quantitative estimate of drug-likeness (QED) is 0.688. The number of ether oxygens (including phenoxy) is 1. The Morgan fingerprint density at radius 3 is 2.58 bits per heavy atom. The summed E-state index contributed by atoms with van der Waals surface area (Å²) in [4.78, 5) is 37.2. The molecule has 8 heteroatoms. The van der Waals surface area contributed by atoms with E-state index in [2.05, 4.69) is 10.5 Å². The summed E-state index contributed by atoms with van der Waals surface area (Å²) >= 11 is 0. The Balaban J connectivity index is 2.58. The van der Waals surface area contributed by atoms with Crippen molar-refractivity contribution in [2.24, 2.45) is 5.92 Å². The van der Waals surface area contributed by atoms with Crippen LogP contribution in [-0.4, -0.2) is 47.5 Å². The van der Waals surface area contributed by atoms with Crippen molar-refractivity contribution < 1.29 is 23.6 Å². The van der Waals surface area contributed by atoms with Crippen LogP contribution >= 0.6 is 0 Å². The number of carbonyl (C=O) groups is 3. The molecule has 0 saturated carbocycles. The number of rotatable bonds is 9. The first-order valence-corrected chi connectivity index (χ1v) is 7.98. The third-order valence-electron chi connectivity index (χ3n) is 3.02. The van der Waals surface area contributed by atoms with Crippen molar-refractivity contribution in [3.05, 3.63) is 11.8 Å². The van der Waals surface area contributed by atoms with E-state index < -0.39 is 5.97 Å². The predicted molar refractivity (Wildman–Crippen MR) is 87.2 cm³/mol. The highest BCUT2D eigenvalue weighted by Gasteiger charge is 2.20. The molecule has 0 fully saturated rings. The van der Waals surface area contributed by atoms with Crippen molar-refractivity contribution in [1.29, 1.82) is 0 Å². The van der Waals surface area contributed by atoms with Crippen molar-refractivity contribution in [1.82, 2.24) is 10.1 Å². The third kappa shape index (κ3) is 7.26. The van der Waals surface area contributed by atoms with Crippen LogP contribution in [0.3, 0.4) is 0 Å². The molecule has 1 heterocycles. The summed E-state index contributed by atoms with van der Waals surface area (Å²) in [6.07, 6.45) is 0.0211. The van der Waals surface area contributed by atoms with Crippen LogP contribution in [-0.2, 0) is 19.1 Å². The lowest BCUT2D eigenvalue weighted by molar-refractivity contribution is -0.146. The zero-order valence-corrected chi connectivity index (χ0v) is 14.6. The summed E-state index contributed by atoms with van der Waals surface area (Å²) in [5.41, 5.74) is 0. The van der Waals surface area contributed by atoms with Gasteiger partial charge in [0.15, 0.2) is 5.82 Å². The van der Waals surface area contributed by atoms with Gasteiger partial charge >= 0.3 is 5.97 Å². The van der Waals surface area contributed by atoms with Gasteiger partial charge < -0.3 is 19.5 Å². The summed E-state index contributed by atoms with van der Waals surface area (Å²) in [6.45, 7) is 7.92. The van der Waals surface area contributed by atoms with Crippen LogP contribution < -0.4 is 5.32 Å². The summed E-state index contributed by atoms with van der Waals surface area (Å²) in [7, 11) is 0. The molecule has 24 heavy (non-hydrogen) atoms. The second-order valence-electron chi connectivity index (χ2n) is 5.84. The normalized spacial score (nSPS) is 10.5. The van der Waals surface area contributed by atoms with E-state index in [1.807, 2.05) is 13.8 Å². The van der Waals surface area contributed by atoms with Crippen molar-refractivity contribution >= 4 is 23.6 Å². The van der Waals surface area contributed by atoms with Crippen LogP contribution in [0.1, 0.15) is 39.4 Å². The molecule has 0 spiro atoms. The number of aromatic nitrogens is 1. The maximum Gasteiger partial charge on any atom is 0.306 e. The Labute approximate surface area is 141 Å². The Morgan fingerprint density at radius 1 is 1.33 bits per heavy atom. The van der Waals surface area contributed by atoms with E-state index in [0.29, 0.717) is 18.1 Å². The van der Waals surface area contributed by atoms with Gasteiger partial charge in [0, 0.05) is 19.0 Å². The van der Waals surface area contributed by atoms with Crippen LogP contribution in [0.4, 0.5) is 5.82 Å². The summed E-state index contributed by atoms with van der Waals surface area (Å²) in [6, 6.07) is 1.59.